The van der Waals surface area contributed by atoms with Crippen LogP contribution in [0.3, 0.4) is 0 Å². The maximum atomic E-state index is 14.2. The standard InChI is InChI=1S/C17H13FN2O8/c1-27-16(23)9-5-3-4-8-19(13(9)17(24)28-2)14-11(20(25)26)7-6-10(18)12(14)15(21)22/h3-8H,1-2H3,(H,21,22). The van der Waals surface area contributed by atoms with Crippen LogP contribution in [0.4, 0.5) is 15.8 Å². The van der Waals surface area contributed by atoms with Crippen LogP contribution in [0, 0.1) is 15.9 Å². The molecule has 0 unspecified atom stereocenters. The molecule has 1 aliphatic rings. The van der Waals surface area contributed by atoms with Gasteiger partial charge in [-0.25, -0.2) is 18.8 Å². The molecule has 1 aromatic rings. The van der Waals surface area contributed by atoms with Crippen molar-refractivity contribution in [2.24, 2.45) is 0 Å². The highest BCUT2D eigenvalue weighted by Crippen LogP contribution is 2.38. The molecule has 0 fully saturated rings. The number of carboxylic acid groups (broad SMARTS) is 1. The summed E-state index contributed by atoms with van der Waals surface area (Å²) in [6.07, 6.45) is 4.80. The van der Waals surface area contributed by atoms with E-state index >= 15 is 0 Å². The maximum Gasteiger partial charge on any atom is 0.355 e. The number of carbonyl (C=O) groups excluding carboxylic acids is 2. The van der Waals surface area contributed by atoms with Crippen LogP contribution in [-0.2, 0) is 19.1 Å². The van der Waals surface area contributed by atoms with E-state index in [0.717, 1.165) is 26.5 Å². The van der Waals surface area contributed by atoms with Gasteiger partial charge in [-0.2, -0.15) is 0 Å². The van der Waals surface area contributed by atoms with E-state index in [2.05, 4.69) is 9.47 Å². The smallest absolute Gasteiger partial charge is 0.355 e. The van der Waals surface area contributed by atoms with E-state index in [9.17, 15) is 34.0 Å². The molecule has 1 N–H and O–H groups in total. The molecule has 146 valence electrons. The van der Waals surface area contributed by atoms with Crippen molar-refractivity contribution in [3.05, 3.63) is 69.3 Å². The number of allylic oxidation sites excluding steroid dienone is 2. The second-order valence-electron chi connectivity index (χ2n) is 5.17. The van der Waals surface area contributed by atoms with Crippen LogP contribution in [0.25, 0.3) is 0 Å². The van der Waals surface area contributed by atoms with E-state index in [0.29, 0.717) is 11.0 Å². The number of hydrogen-bond acceptors (Lipinski definition) is 8. The van der Waals surface area contributed by atoms with Gasteiger partial charge in [0.05, 0.1) is 24.7 Å². The van der Waals surface area contributed by atoms with E-state index in [-0.39, 0.29) is 5.57 Å². The lowest BCUT2D eigenvalue weighted by Crippen LogP contribution is -2.29. The first kappa shape index (κ1) is 20.3. The predicted molar refractivity (Wildman–Crippen MR) is 91.8 cm³/mol. The lowest BCUT2D eigenvalue weighted by atomic mass is 10.1. The van der Waals surface area contributed by atoms with Crippen molar-refractivity contribution in [1.82, 2.24) is 0 Å². The van der Waals surface area contributed by atoms with E-state index in [1.807, 2.05) is 0 Å². The molecular formula is C17H13FN2O8. The van der Waals surface area contributed by atoms with Crippen molar-refractivity contribution in [2.75, 3.05) is 19.1 Å². The topological polar surface area (TPSA) is 136 Å². The molecule has 1 aromatic carbocycles. The highest BCUT2D eigenvalue weighted by Gasteiger charge is 2.35. The zero-order valence-corrected chi connectivity index (χ0v) is 14.5. The largest absolute Gasteiger partial charge is 0.478 e. The average Bonchev–Trinajstić information content (AvgIpc) is 2.88. The highest BCUT2D eigenvalue weighted by molar-refractivity contribution is 6.08. The first-order valence-corrected chi connectivity index (χ1v) is 7.49. The van der Waals surface area contributed by atoms with E-state index < -0.39 is 51.3 Å². The van der Waals surface area contributed by atoms with Gasteiger partial charge >= 0.3 is 17.9 Å². The summed E-state index contributed by atoms with van der Waals surface area (Å²) in [5, 5.41) is 20.9. The van der Waals surface area contributed by atoms with Crippen LogP contribution in [0.2, 0.25) is 0 Å². The number of carboxylic acids is 1. The monoisotopic (exact) mass is 392 g/mol. The fourth-order valence-electron chi connectivity index (χ4n) is 2.49. The van der Waals surface area contributed by atoms with Crippen molar-refractivity contribution >= 4 is 29.3 Å². The summed E-state index contributed by atoms with van der Waals surface area (Å²) in [6, 6.07) is 1.36. The van der Waals surface area contributed by atoms with Crippen LogP contribution in [0.5, 0.6) is 0 Å². The average molecular weight is 392 g/mol. The molecule has 0 spiro atoms. The number of carbonyl (C=O) groups is 3. The Balaban J connectivity index is 2.97. The maximum absolute atomic E-state index is 14.2. The Kier molecular flexibility index (Phi) is 5.88. The molecule has 0 aliphatic carbocycles. The third kappa shape index (κ3) is 3.58. The number of aromatic carboxylic acids is 1. The number of rotatable bonds is 5. The number of benzene rings is 1. The van der Waals surface area contributed by atoms with Crippen LogP contribution in [-0.4, -0.2) is 42.2 Å². The van der Waals surface area contributed by atoms with Gasteiger partial charge in [-0.3, -0.25) is 10.1 Å². The molecule has 0 bridgehead atoms. The number of anilines is 1. The highest BCUT2D eigenvalue weighted by atomic mass is 19.1. The lowest BCUT2D eigenvalue weighted by Gasteiger charge is -2.24. The van der Waals surface area contributed by atoms with Crippen molar-refractivity contribution < 1.29 is 38.3 Å². The Morgan fingerprint density at radius 1 is 1.14 bits per heavy atom. The van der Waals surface area contributed by atoms with E-state index in [1.54, 1.807) is 0 Å². The van der Waals surface area contributed by atoms with Gasteiger partial charge in [0.25, 0.3) is 5.69 Å². The minimum atomic E-state index is -1.81. The number of hydrogen-bond donors (Lipinski definition) is 1. The van der Waals surface area contributed by atoms with Crippen LogP contribution in [0.15, 0.2) is 47.8 Å². The van der Waals surface area contributed by atoms with Crippen molar-refractivity contribution in [2.45, 2.75) is 0 Å². The number of nitrogens with zero attached hydrogens (tertiary/aromatic N) is 2. The quantitative estimate of drug-likeness (QED) is 0.453. The van der Waals surface area contributed by atoms with Crippen molar-refractivity contribution in [1.29, 1.82) is 0 Å². The lowest BCUT2D eigenvalue weighted by molar-refractivity contribution is -0.384. The second-order valence-corrected chi connectivity index (χ2v) is 5.17. The number of halogens is 1. The Hall–Kier alpha value is -4.02. The summed E-state index contributed by atoms with van der Waals surface area (Å²) in [4.78, 5) is 47.3. The first-order valence-electron chi connectivity index (χ1n) is 7.49. The summed E-state index contributed by atoms with van der Waals surface area (Å²) >= 11 is 0. The van der Waals surface area contributed by atoms with Gasteiger partial charge in [-0.1, -0.05) is 6.08 Å². The summed E-state index contributed by atoms with van der Waals surface area (Å²) in [5.74, 6) is -5.22. The fraction of sp³-hybridized carbons (Fsp3) is 0.118. The minimum Gasteiger partial charge on any atom is -0.478 e. The van der Waals surface area contributed by atoms with Crippen LogP contribution >= 0.6 is 0 Å². The summed E-state index contributed by atoms with van der Waals surface area (Å²) in [7, 11) is 2.02. The van der Waals surface area contributed by atoms with Gasteiger partial charge in [-0.05, 0) is 18.2 Å². The molecule has 0 aromatic heterocycles. The second kappa shape index (κ2) is 8.12. The molecule has 0 saturated carbocycles. The first-order chi connectivity index (χ1) is 13.2. The van der Waals surface area contributed by atoms with Gasteiger partial charge in [-0.15, -0.1) is 0 Å². The number of nitro groups is 1. The van der Waals surface area contributed by atoms with Gasteiger partial charge < -0.3 is 19.5 Å². The third-order valence-corrected chi connectivity index (χ3v) is 3.65. The van der Waals surface area contributed by atoms with Crippen molar-refractivity contribution in [3.63, 3.8) is 0 Å². The molecule has 10 nitrogen and oxygen atoms in total. The predicted octanol–water partition coefficient (Wildman–Crippen LogP) is 1.92. The minimum absolute atomic E-state index is 0.380. The van der Waals surface area contributed by atoms with Gasteiger partial charge in [0, 0.05) is 12.3 Å². The zero-order valence-electron chi connectivity index (χ0n) is 14.5. The summed E-state index contributed by atoms with van der Waals surface area (Å²) < 4.78 is 23.5. The van der Waals surface area contributed by atoms with E-state index in [1.165, 1.54) is 18.2 Å². The molecule has 1 heterocycles. The fourth-order valence-corrected chi connectivity index (χ4v) is 2.49. The molecule has 0 saturated heterocycles. The van der Waals surface area contributed by atoms with Gasteiger partial charge in [0.1, 0.15) is 22.8 Å². The zero-order chi connectivity index (χ0) is 21.0. The molecule has 0 amide bonds. The molecule has 2 rings (SSSR count). The third-order valence-electron chi connectivity index (χ3n) is 3.65. The molecule has 1 aliphatic heterocycles. The molecular weight excluding hydrogens is 379 g/mol. The molecule has 0 radical (unpaired) electrons. The summed E-state index contributed by atoms with van der Waals surface area (Å²) in [5.41, 5.74) is -3.61. The number of nitro benzene ring substituents is 1. The van der Waals surface area contributed by atoms with Gasteiger partial charge in [0.2, 0.25) is 0 Å². The van der Waals surface area contributed by atoms with E-state index in [4.69, 9.17) is 0 Å². The molecule has 0 atom stereocenters. The van der Waals surface area contributed by atoms with Gasteiger partial charge in [0.15, 0.2) is 0 Å². The Morgan fingerprint density at radius 3 is 2.32 bits per heavy atom. The van der Waals surface area contributed by atoms with Crippen LogP contribution < -0.4 is 4.90 Å². The molecule has 28 heavy (non-hydrogen) atoms. The van der Waals surface area contributed by atoms with Crippen LogP contribution in [0.1, 0.15) is 10.4 Å². The van der Waals surface area contributed by atoms with Crippen molar-refractivity contribution in [3.8, 4) is 0 Å². The Labute approximate surface area is 156 Å². The normalized spacial score (nSPS) is 13.2. The number of ether oxygens (including phenoxy) is 2. The Bertz CT molecular complexity index is 964. The summed E-state index contributed by atoms with van der Waals surface area (Å²) in [6.45, 7) is 0. The molecule has 11 heteroatoms. The Morgan fingerprint density at radius 2 is 1.79 bits per heavy atom. The SMILES string of the molecule is COC(=O)C1=C(C(=O)OC)N(c2c([N+](=O)[O-])ccc(F)c2C(=O)O)C=CC=C1. The number of methoxy groups -OCH3 is 2. The number of esters is 2.